The molecule has 0 bridgehead atoms. The predicted octanol–water partition coefficient (Wildman–Crippen LogP) is 2.17. The summed E-state index contributed by atoms with van der Waals surface area (Å²) >= 11 is 1.55. The van der Waals surface area contributed by atoms with Crippen molar-refractivity contribution in [2.45, 2.75) is 6.54 Å². The molecule has 0 aliphatic heterocycles. The van der Waals surface area contributed by atoms with Crippen LogP contribution in [-0.4, -0.2) is 32.1 Å². The van der Waals surface area contributed by atoms with E-state index in [1.54, 1.807) is 42.6 Å². The first-order valence-corrected chi connectivity index (χ1v) is 8.96. The molecule has 7 heteroatoms. The Morgan fingerprint density at radius 1 is 1.24 bits per heavy atom. The van der Waals surface area contributed by atoms with Crippen LogP contribution in [0.25, 0.3) is 0 Å². The van der Waals surface area contributed by atoms with Crippen LogP contribution < -0.4 is 10.5 Å². The Morgan fingerprint density at radius 2 is 1.95 bits per heavy atom. The van der Waals surface area contributed by atoms with Gasteiger partial charge in [0.15, 0.2) is 0 Å². The smallest absolute Gasteiger partial charge is 0.217 e. The number of hydrogen-bond donors (Lipinski definition) is 1. The fourth-order valence-electron chi connectivity index (χ4n) is 1.72. The van der Waals surface area contributed by atoms with Crippen molar-refractivity contribution in [2.24, 2.45) is 0 Å². The summed E-state index contributed by atoms with van der Waals surface area (Å²) in [5.74, 6) is 0.553. The van der Waals surface area contributed by atoms with Crippen molar-refractivity contribution in [1.29, 1.82) is 0 Å². The third kappa shape index (κ3) is 4.73. The van der Waals surface area contributed by atoms with Gasteiger partial charge in [-0.1, -0.05) is 0 Å². The molecule has 5 nitrogen and oxygen atoms in total. The molecule has 0 aliphatic rings. The minimum atomic E-state index is -3.33. The van der Waals surface area contributed by atoms with Crippen molar-refractivity contribution in [3.05, 3.63) is 46.7 Å². The van der Waals surface area contributed by atoms with E-state index in [1.807, 2.05) is 16.8 Å². The van der Waals surface area contributed by atoms with E-state index in [1.165, 1.54) is 4.31 Å². The second kappa shape index (κ2) is 6.93. The van der Waals surface area contributed by atoms with Crippen LogP contribution in [-0.2, 0) is 16.6 Å². The molecule has 1 heterocycles. The first kappa shape index (κ1) is 15.8. The summed E-state index contributed by atoms with van der Waals surface area (Å²) in [6.45, 7) is 0.494. The minimum absolute atomic E-state index is 0.0575. The van der Waals surface area contributed by atoms with E-state index in [2.05, 4.69) is 0 Å². The summed E-state index contributed by atoms with van der Waals surface area (Å²) in [4.78, 5) is 0. The van der Waals surface area contributed by atoms with Crippen molar-refractivity contribution < 1.29 is 13.2 Å². The number of nitrogens with zero attached hydrogens (tertiary/aromatic N) is 1. The van der Waals surface area contributed by atoms with Gasteiger partial charge < -0.3 is 10.5 Å². The molecule has 0 saturated heterocycles. The van der Waals surface area contributed by atoms with E-state index < -0.39 is 10.0 Å². The highest BCUT2D eigenvalue weighted by Crippen LogP contribution is 2.14. The zero-order valence-electron chi connectivity index (χ0n) is 11.7. The quantitative estimate of drug-likeness (QED) is 0.792. The van der Waals surface area contributed by atoms with E-state index in [9.17, 15) is 8.42 Å². The number of nitrogen functional groups attached to an aromatic ring is 1. The average molecular weight is 326 g/mol. The summed E-state index contributed by atoms with van der Waals surface area (Å²) in [5, 5.41) is 3.87. The van der Waals surface area contributed by atoms with Gasteiger partial charge in [-0.15, -0.1) is 0 Å². The maximum atomic E-state index is 12.1. The highest BCUT2D eigenvalue weighted by Gasteiger charge is 2.18. The van der Waals surface area contributed by atoms with E-state index in [-0.39, 0.29) is 12.4 Å². The van der Waals surface area contributed by atoms with Gasteiger partial charge >= 0.3 is 0 Å². The molecular weight excluding hydrogens is 308 g/mol. The van der Waals surface area contributed by atoms with Gasteiger partial charge in [0.05, 0.1) is 5.75 Å². The third-order valence-corrected chi connectivity index (χ3v) is 5.44. The molecule has 0 aliphatic carbocycles. The molecule has 0 atom stereocenters. The average Bonchev–Trinajstić information content (AvgIpc) is 2.94. The van der Waals surface area contributed by atoms with Crippen LogP contribution in [0.5, 0.6) is 5.75 Å². The number of rotatable bonds is 7. The molecule has 0 saturated carbocycles. The van der Waals surface area contributed by atoms with Crippen LogP contribution in [0.2, 0.25) is 0 Å². The number of anilines is 1. The molecule has 1 aromatic carbocycles. The first-order valence-electron chi connectivity index (χ1n) is 6.41. The molecule has 0 amide bonds. The molecule has 0 unspecified atom stereocenters. The zero-order valence-corrected chi connectivity index (χ0v) is 13.4. The van der Waals surface area contributed by atoms with Gasteiger partial charge in [-0.3, -0.25) is 0 Å². The number of sulfonamides is 1. The van der Waals surface area contributed by atoms with Gasteiger partial charge in [0.2, 0.25) is 10.0 Å². The molecule has 2 aromatic rings. The van der Waals surface area contributed by atoms with E-state index >= 15 is 0 Å². The van der Waals surface area contributed by atoms with Crippen LogP contribution in [0, 0.1) is 0 Å². The molecule has 1 aromatic heterocycles. The molecule has 114 valence electrons. The third-order valence-electron chi connectivity index (χ3n) is 2.95. The largest absolute Gasteiger partial charge is 0.492 e. The normalized spacial score (nSPS) is 11.7. The second-order valence-corrected chi connectivity index (χ2v) is 7.60. The second-order valence-electron chi connectivity index (χ2n) is 4.62. The van der Waals surface area contributed by atoms with Crippen LogP contribution in [0.15, 0.2) is 41.1 Å². The fourth-order valence-corrected chi connectivity index (χ4v) is 3.33. The van der Waals surface area contributed by atoms with Gasteiger partial charge in [0, 0.05) is 19.3 Å². The SMILES string of the molecule is CN(Cc1ccsc1)S(=O)(=O)CCOc1ccc(N)cc1. The summed E-state index contributed by atoms with van der Waals surface area (Å²) in [5.41, 5.74) is 7.21. The standard InChI is InChI=1S/C14H18N2O3S2/c1-16(10-12-6-8-20-11-12)21(17,18)9-7-19-14-4-2-13(15)3-5-14/h2-6,8,11H,7,9-10,15H2,1H3. The van der Waals surface area contributed by atoms with E-state index in [0.717, 1.165) is 5.56 Å². The first-order chi connectivity index (χ1) is 9.97. The lowest BCUT2D eigenvalue weighted by molar-refractivity contribution is 0.336. The van der Waals surface area contributed by atoms with Crippen molar-refractivity contribution in [2.75, 3.05) is 25.1 Å². The van der Waals surface area contributed by atoms with Gasteiger partial charge in [0.25, 0.3) is 0 Å². The maximum absolute atomic E-state index is 12.1. The Bertz CT molecular complexity index is 652. The van der Waals surface area contributed by atoms with Crippen LogP contribution in [0.4, 0.5) is 5.69 Å². The lowest BCUT2D eigenvalue weighted by Crippen LogP contribution is -2.30. The van der Waals surface area contributed by atoms with E-state index in [4.69, 9.17) is 10.5 Å². The summed E-state index contributed by atoms with van der Waals surface area (Å²) in [6, 6.07) is 8.79. The number of hydrogen-bond acceptors (Lipinski definition) is 5. The zero-order chi connectivity index (χ0) is 15.3. The van der Waals surface area contributed by atoms with E-state index in [0.29, 0.717) is 18.0 Å². The molecule has 0 fully saturated rings. The Morgan fingerprint density at radius 3 is 2.57 bits per heavy atom. The van der Waals surface area contributed by atoms with Crippen LogP contribution in [0.1, 0.15) is 5.56 Å². The number of thiophene rings is 1. The van der Waals surface area contributed by atoms with Crippen molar-refractivity contribution in [3.8, 4) is 5.75 Å². The van der Waals surface area contributed by atoms with Gasteiger partial charge in [-0.05, 0) is 46.7 Å². The van der Waals surface area contributed by atoms with Crippen LogP contribution >= 0.6 is 11.3 Å². The fraction of sp³-hybridized carbons (Fsp3) is 0.286. The number of benzene rings is 1. The summed E-state index contributed by atoms with van der Waals surface area (Å²) in [6.07, 6.45) is 0. The molecular formula is C14H18N2O3S2. The topological polar surface area (TPSA) is 72.6 Å². The highest BCUT2D eigenvalue weighted by atomic mass is 32.2. The Kier molecular flexibility index (Phi) is 5.22. The summed E-state index contributed by atoms with van der Waals surface area (Å²) < 4.78 is 31.0. The highest BCUT2D eigenvalue weighted by molar-refractivity contribution is 7.89. The lowest BCUT2D eigenvalue weighted by atomic mass is 10.3. The molecule has 2 rings (SSSR count). The molecule has 0 spiro atoms. The van der Waals surface area contributed by atoms with Crippen LogP contribution in [0.3, 0.4) is 0 Å². The maximum Gasteiger partial charge on any atom is 0.217 e. The Balaban J connectivity index is 1.84. The Hall–Kier alpha value is -1.57. The van der Waals surface area contributed by atoms with Crippen molar-refractivity contribution in [1.82, 2.24) is 4.31 Å². The minimum Gasteiger partial charge on any atom is -0.492 e. The van der Waals surface area contributed by atoms with Gasteiger partial charge in [-0.2, -0.15) is 11.3 Å². The van der Waals surface area contributed by atoms with Crippen molar-refractivity contribution in [3.63, 3.8) is 0 Å². The summed E-state index contributed by atoms with van der Waals surface area (Å²) in [7, 11) is -1.75. The molecule has 21 heavy (non-hydrogen) atoms. The molecule has 0 radical (unpaired) electrons. The predicted molar refractivity (Wildman–Crippen MR) is 85.9 cm³/mol. The molecule has 2 N–H and O–H groups in total. The van der Waals surface area contributed by atoms with Crippen molar-refractivity contribution >= 4 is 27.0 Å². The lowest BCUT2D eigenvalue weighted by Gasteiger charge is -2.16. The number of ether oxygens (including phenoxy) is 1. The Labute approximate surface area is 129 Å². The monoisotopic (exact) mass is 326 g/mol. The van der Waals surface area contributed by atoms with Gasteiger partial charge in [0.1, 0.15) is 12.4 Å². The van der Waals surface area contributed by atoms with Gasteiger partial charge in [-0.25, -0.2) is 12.7 Å². The number of nitrogens with two attached hydrogens (primary N) is 1.